The van der Waals surface area contributed by atoms with E-state index in [-0.39, 0.29) is 0 Å². The number of rotatable bonds is 3. The Kier molecular flexibility index (Phi) is 4.01. The molecule has 0 amide bonds. The molecule has 0 saturated carbocycles. The monoisotopic (exact) mass is 315 g/mol. The molecule has 0 radical (unpaired) electrons. The van der Waals surface area contributed by atoms with Crippen LogP contribution in [0, 0.1) is 6.92 Å². The highest BCUT2D eigenvalue weighted by atomic mass is 15.4. The number of piperazine rings is 1. The summed E-state index contributed by atoms with van der Waals surface area (Å²) in [7, 11) is 0. The first-order chi connectivity index (χ1) is 11.1. The summed E-state index contributed by atoms with van der Waals surface area (Å²) in [4.78, 5) is 17.2. The van der Waals surface area contributed by atoms with E-state index in [1.54, 1.807) is 0 Å². The molecule has 2 fully saturated rings. The van der Waals surface area contributed by atoms with Gasteiger partial charge < -0.3 is 4.90 Å². The smallest absolute Gasteiger partial charge is 0.135 e. The molecule has 5 heteroatoms. The zero-order valence-electron chi connectivity index (χ0n) is 14.8. The Bertz CT molecular complexity index is 571. The Hall–Kier alpha value is -1.20. The third-order valence-corrected chi connectivity index (χ3v) is 5.78. The number of nitrogens with zero attached hydrogens (tertiary/aromatic N) is 5. The van der Waals surface area contributed by atoms with Crippen LogP contribution in [0.4, 0.5) is 5.82 Å². The van der Waals surface area contributed by atoms with Crippen molar-refractivity contribution in [3.8, 4) is 0 Å². The van der Waals surface area contributed by atoms with Crippen molar-refractivity contribution in [2.75, 3.05) is 44.2 Å². The van der Waals surface area contributed by atoms with Crippen LogP contribution in [0.5, 0.6) is 0 Å². The highest BCUT2D eigenvalue weighted by Gasteiger charge is 2.36. The predicted molar refractivity (Wildman–Crippen MR) is 93.1 cm³/mol. The van der Waals surface area contributed by atoms with Crippen molar-refractivity contribution in [2.45, 2.75) is 52.1 Å². The van der Waals surface area contributed by atoms with Crippen LogP contribution in [0.2, 0.25) is 0 Å². The van der Waals surface area contributed by atoms with Crippen LogP contribution in [-0.2, 0) is 12.8 Å². The van der Waals surface area contributed by atoms with Crippen molar-refractivity contribution < 1.29 is 0 Å². The Balaban J connectivity index is 1.38. The topological polar surface area (TPSA) is 35.5 Å². The van der Waals surface area contributed by atoms with E-state index in [9.17, 15) is 0 Å². The van der Waals surface area contributed by atoms with Gasteiger partial charge in [-0.25, -0.2) is 9.97 Å². The molecule has 0 aromatic carbocycles. The van der Waals surface area contributed by atoms with Gasteiger partial charge in [-0.2, -0.15) is 0 Å². The zero-order chi connectivity index (χ0) is 16.0. The average molecular weight is 315 g/mol. The molecule has 4 rings (SSSR count). The number of hydrogen-bond acceptors (Lipinski definition) is 5. The standard InChI is InChI=1S/C18H29N5/c1-13(2)21-7-9-22(10-8-21)15-11-23(12-15)18-16-5-4-6-17(16)19-14(3)20-18/h13,15H,4-12H2,1-3H3. The van der Waals surface area contributed by atoms with Gasteiger partial charge in [-0.15, -0.1) is 0 Å². The molecular formula is C18H29N5. The first-order valence-electron chi connectivity index (χ1n) is 9.21. The maximum Gasteiger partial charge on any atom is 0.135 e. The highest BCUT2D eigenvalue weighted by molar-refractivity contribution is 5.53. The van der Waals surface area contributed by atoms with Crippen LogP contribution < -0.4 is 4.90 Å². The van der Waals surface area contributed by atoms with Gasteiger partial charge in [-0.3, -0.25) is 9.80 Å². The SMILES string of the molecule is Cc1nc2c(c(N3CC(N4CCN(C(C)C)CC4)C3)n1)CCC2. The van der Waals surface area contributed by atoms with Gasteiger partial charge in [0, 0.05) is 62.6 Å². The molecule has 2 saturated heterocycles. The maximum absolute atomic E-state index is 4.77. The summed E-state index contributed by atoms with van der Waals surface area (Å²) in [5.74, 6) is 2.18. The first-order valence-corrected chi connectivity index (χ1v) is 9.21. The number of aromatic nitrogens is 2. The normalized spacial score (nSPS) is 23.4. The minimum absolute atomic E-state index is 0.682. The Morgan fingerprint density at radius 2 is 1.74 bits per heavy atom. The van der Waals surface area contributed by atoms with E-state index in [1.807, 2.05) is 6.92 Å². The third-order valence-electron chi connectivity index (χ3n) is 5.78. The molecule has 0 N–H and O–H groups in total. The van der Waals surface area contributed by atoms with Crippen LogP contribution in [0.15, 0.2) is 0 Å². The highest BCUT2D eigenvalue weighted by Crippen LogP contribution is 2.32. The van der Waals surface area contributed by atoms with E-state index in [2.05, 4.69) is 33.5 Å². The van der Waals surface area contributed by atoms with Gasteiger partial charge in [0.25, 0.3) is 0 Å². The molecule has 1 aliphatic carbocycles. The largest absolute Gasteiger partial charge is 0.353 e. The molecule has 0 atom stereocenters. The average Bonchev–Trinajstić information content (AvgIpc) is 2.94. The Morgan fingerprint density at radius 1 is 1.00 bits per heavy atom. The molecule has 3 heterocycles. The molecule has 23 heavy (non-hydrogen) atoms. The van der Waals surface area contributed by atoms with Gasteiger partial charge in [0.2, 0.25) is 0 Å². The maximum atomic E-state index is 4.77. The summed E-state index contributed by atoms with van der Waals surface area (Å²) >= 11 is 0. The molecule has 5 nitrogen and oxygen atoms in total. The Labute approximate surface area is 139 Å². The van der Waals surface area contributed by atoms with Crippen LogP contribution in [0.1, 0.15) is 37.4 Å². The van der Waals surface area contributed by atoms with E-state index < -0.39 is 0 Å². The number of aryl methyl sites for hydroxylation is 2. The second kappa shape index (κ2) is 6.02. The van der Waals surface area contributed by atoms with Gasteiger partial charge >= 0.3 is 0 Å². The summed E-state index contributed by atoms with van der Waals surface area (Å²) in [5.41, 5.74) is 2.74. The van der Waals surface area contributed by atoms with Crippen molar-refractivity contribution in [1.82, 2.24) is 19.8 Å². The molecule has 2 aliphatic heterocycles. The molecule has 0 bridgehead atoms. The lowest BCUT2D eigenvalue weighted by Gasteiger charge is -2.49. The van der Waals surface area contributed by atoms with Crippen LogP contribution in [0.25, 0.3) is 0 Å². The summed E-state index contributed by atoms with van der Waals surface area (Å²) < 4.78 is 0. The summed E-state index contributed by atoms with van der Waals surface area (Å²) in [6.07, 6.45) is 3.55. The quantitative estimate of drug-likeness (QED) is 0.844. The summed E-state index contributed by atoms with van der Waals surface area (Å²) in [6, 6.07) is 1.40. The summed E-state index contributed by atoms with van der Waals surface area (Å²) in [6.45, 7) is 13.8. The molecular weight excluding hydrogens is 286 g/mol. The van der Waals surface area contributed by atoms with Gasteiger partial charge in [0.05, 0.1) is 0 Å². The second-order valence-corrected chi connectivity index (χ2v) is 7.60. The van der Waals surface area contributed by atoms with Crippen molar-refractivity contribution in [3.63, 3.8) is 0 Å². The lowest BCUT2D eigenvalue weighted by Crippen LogP contribution is -2.64. The second-order valence-electron chi connectivity index (χ2n) is 7.60. The molecule has 3 aliphatic rings. The fourth-order valence-corrected chi connectivity index (χ4v) is 4.27. The van der Waals surface area contributed by atoms with Gasteiger partial charge in [-0.1, -0.05) is 0 Å². The van der Waals surface area contributed by atoms with Crippen LogP contribution in [0.3, 0.4) is 0 Å². The number of hydrogen-bond donors (Lipinski definition) is 0. The van der Waals surface area contributed by atoms with Gasteiger partial charge in [0.15, 0.2) is 0 Å². The van der Waals surface area contributed by atoms with Gasteiger partial charge in [0.1, 0.15) is 11.6 Å². The fraction of sp³-hybridized carbons (Fsp3) is 0.778. The lowest BCUT2D eigenvalue weighted by atomic mass is 10.0. The van der Waals surface area contributed by atoms with E-state index in [0.717, 1.165) is 31.4 Å². The summed E-state index contributed by atoms with van der Waals surface area (Å²) in [5, 5.41) is 0. The van der Waals surface area contributed by atoms with E-state index in [0.29, 0.717) is 6.04 Å². The molecule has 126 valence electrons. The van der Waals surface area contributed by atoms with Gasteiger partial charge in [-0.05, 0) is 40.0 Å². The van der Waals surface area contributed by atoms with Crippen LogP contribution in [-0.4, -0.2) is 71.1 Å². The van der Waals surface area contributed by atoms with E-state index >= 15 is 0 Å². The fourth-order valence-electron chi connectivity index (χ4n) is 4.27. The lowest BCUT2D eigenvalue weighted by molar-refractivity contribution is 0.0676. The van der Waals surface area contributed by atoms with Crippen molar-refractivity contribution >= 4 is 5.82 Å². The van der Waals surface area contributed by atoms with Crippen molar-refractivity contribution in [1.29, 1.82) is 0 Å². The first kappa shape index (κ1) is 15.3. The van der Waals surface area contributed by atoms with E-state index in [4.69, 9.17) is 4.98 Å². The Morgan fingerprint density at radius 3 is 2.43 bits per heavy atom. The van der Waals surface area contributed by atoms with Crippen molar-refractivity contribution in [2.24, 2.45) is 0 Å². The zero-order valence-corrected chi connectivity index (χ0v) is 14.8. The molecule has 0 spiro atoms. The minimum atomic E-state index is 0.682. The number of fused-ring (bicyclic) bond motifs is 1. The molecule has 0 unspecified atom stereocenters. The van der Waals surface area contributed by atoms with E-state index in [1.165, 1.54) is 56.1 Å². The predicted octanol–water partition coefficient (Wildman–Crippen LogP) is 1.49. The molecule has 1 aromatic rings. The minimum Gasteiger partial charge on any atom is -0.353 e. The third kappa shape index (κ3) is 2.85. The van der Waals surface area contributed by atoms with Crippen LogP contribution >= 0.6 is 0 Å². The van der Waals surface area contributed by atoms with Crippen molar-refractivity contribution in [3.05, 3.63) is 17.1 Å². The molecule has 1 aromatic heterocycles. The number of anilines is 1.